The van der Waals surface area contributed by atoms with Gasteiger partial charge >= 0.3 is 0 Å². The lowest BCUT2D eigenvalue weighted by Crippen LogP contribution is -2.36. The molecule has 0 aliphatic rings. The number of para-hydroxylation sites is 1. The van der Waals surface area contributed by atoms with Crippen LogP contribution in [0.25, 0.3) is 0 Å². The first-order valence-corrected chi connectivity index (χ1v) is 6.79. The van der Waals surface area contributed by atoms with E-state index in [0.717, 1.165) is 5.69 Å². The highest BCUT2D eigenvalue weighted by Crippen LogP contribution is 2.09. The Hall–Kier alpha value is -2.56. The Kier molecular flexibility index (Phi) is 4.77. The number of likely N-dealkylation sites (N-methyl/N-ethyl adjacent to an activating group) is 1. The number of hydrogen-bond donors (Lipinski definition) is 1. The number of hydrogen-bond acceptors (Lipinski definition) is 3. The summed E-state index contributed by atoms with van der Waals surface area (Å²) in [6.07, 6.45) is 1.63. The van der Waals surface area contributed by atoms with Gasteiger partial charge in [0.2, 0.25) is 0 Å². The molecule has 0 aliphatic carbocycles. The van der Waals surface area contributed by atoms with E-state index in [2.05, 4.69) is 5.32 Å². The van der Waals surface area contributed by atoms with Gasteiger partial charge in [0.25, 0.3) is 11.5 Å². The van der Waals surface area contributed by atoms with Crippen LogP contribution in [0.15, 0.2) is 53.5 Å². The van der Waals surface area contributed by atoms with Gasteiger partial charge in [-0.15, -0.1) is 0 Å². The lowest BCUT2D eigenvalue weighted by molar-refractivity contribution is 0.0952. The lowest BCUT2D eigenvalue weighted by Gasteiger charge is -2.19. The zero-order valence-electron chi connectivity index (χ0n) is 12.2. The Morgan fingerprint density at radius 3 is 2.62 bits per heavy atom. The molecule has 0 radical (unpaired) electrons. The van der Waals surface area contributed by atoms with Crippen molar-refractivity contribution in [3.63, 3.8) is 0 Å². The second-order valence-corrected chi connectivity index (χ2v) is 4.85. The number of nitrogens with zero attached hydrogens (tertiary/aromatic N) is 2. The molecule has 0 aliphatic heterocycles. The van der Waals surface area contributed by atoms with E-state index in [9.17, 15) is 9.59 Å². The molecule has 0 spiro atoms. The summed E-state index contributed by atoms with van der Waals surface area (Å²) < 4.78 is 1.39. The molecule has 1 aromatic heterocycles. The van der Waals surface area contributed by atoms with Crippen molar-refractivity contribution in [2.75, 3.05) is 25.0 Å². The Morgan fingerprint density at radius 2 is 1.90 bits per heavy atom. The minimum atomic E-state index is -0.335. The van der Waals surface area contributed by atoms with Crippen LogP contribution >= 0.6 is 0 Å². The van der Waals surface area contributed by atoms with E-state index in [1.54, 1.807) is 25.4 Å². The van der Waals surface area contributed by atoms with E-state index in [1.807, 2.05) is 42.3 Å². The van der Waals surface area contributed by atoms with Gasteiger partial charge in [-0.25, -0.2) is 0 Å². The fraction of sp³-hybridized carbons (Fsp3) is 0.250. The maximum Gasteiger partial charge on any atom is 0.263 e. The molecule has 2 aromatic rings. The molecule has 5 nitrogen and oxygen atoms in total. The second kappa shape index (κ2) is 6.74. The third-order valence-corrected chi connectivity index (χ3v) is 3.30. The van der Waals surface area contributed by atoms with E-state index in [-0.39, 0.29) is 17.0 Å². The highest BCUT2D eigenvalue weighted by atomic mass is 16.2. The molecule has 0 saturated carbocycles. The Labute approximate surface area is 123 Å². The summed E-state index contributed by atoms with van der Waals surface area (Å²) in [5, 5.41) is 2.77. The number of anilines is 1. The van der Waals surface area contributed by atoms with Crippen LogP contribution in [-0.4, -0.2) is 30.6 Å². The second-order valence-electron chi connectivity index (χ2n) is 4.85. The van der Waals surface area contributed by atoms with Crippen molar-refractivity contribution in [1.29, 1.82) is 0 Å². The number of carbonyl (C=O) groups is 1. The molecule has 0 fully saturated rings. The maximum absolute atomic E-state index is 12.0. The fourth-order valence-electron chi connectivity index (χ4n) is 2.01. The van der Waals surface area contributed by atoms with E-state index < -0.39 is 0 Å². The van der Waals surface area contributed by atoms with Crippen molar-refractivity contribution in [1.82, 2.24) is 9.88 Å². The van der Waals surface area contributed by atoms with Gasteiger partial charge < -0.3 is 14.8 Å². The molecule has 0 unspecified atom stereocenters. The van der Waals surface area contributed by atoms with Crippen LogP contribution in [0.3, 0.4) is 0 Å². The van der Waals surface area contributed by atoms with Crippen LogP contribution < -0.4 is 15.8 Å². The first-order chi connectivity index (χ1) is 10.1. The largest absolute Gasteiger partial charge is 0.373 e. The van der Waals surface area contributed by atoms with Crippen LogP contribution in [0, 0.1) is 0 Å². The molecule has 1 heterocycles. The summed E-state index contributed by atoms with van der Waals surface area (Å²) in [4.78, 5) is 25.9. The first-order valence-electron chi connectivity index (χ1n) is 6.79. The van der Waals surface area contributed by atoms with E-state index in [0.29, 0.717) is 13.1 Å². The highest BCUT2D eigenvalue weighted by molar-refractivity contribution is 5.93. The van der Waals surface area contributed by atoms with Gasteiger partial charge in [0.05, 0.1) is 0 Å². The standard InChI is InChI=1S/C16H19N3O2/c1-18(13-7-4-3-5-8-13)12-10-17-15(20)14-9-6-11-19(2)16(14)21/h3-9,11H,10,12H2,1-2H3,(H,17,20). The van der Waals surface area contributed by atoms with Crippen molar-refractivity contribution in [3.8, 4) is 0 Å². The monoisotopic (exact) mass is 285 g/mol. The van der Waals surface area contributed by atoms with Crippen LogP contribution in [0.1, 0.15) is 10.4 Å². The van der Waals surface area contributed by atoms with Crippen LogP contribution in [-0.2, 0) is 7.05 Å². The number of aryl methyl sites for hydroxylation is 1. The van der Waals surface area contributed by atoms with Gasteiger partial charge in [0.15, 0.2) is 0 Å². The molecule has 110 valence electrons. The van der Waals surface area contributed by atoms with Crippen LogP contribution in [0.2, 0.25) is 0 Å². The average molecular weight is 285 g/mol. The van der Waals surface area contributed by atoms with Crippen molar-refractivity contribution >= 4 is 11.6 Å². The summed E-state index contributed by atoms with van der Waals surface area (Å²) in [7, 11) is 3.59. The third-order valence-electron chi connectivity index (χ3n) is 3.30. The van der Waals surface area contributed by atoms with Crippen molar-refractivity contribution in [3.05, 3.63) is 64.6 Å². The normalized spacial score (nSPS) is 10.2. The van der Waals surface area contributed by atoms with Gasteiger partial charge in [0, 0.05) is 39.1 Å². The van der Waals surface area contributed by atoms with E-state index in [1.165, 1.54) is 4.57 Å². The van der Waals surface area contributed by atoms with Crippen LogP contribution in [0.4, 0.5) is 5.69 Å². The summed E-state index contributed by atoms with van der Waals surface area (Å²) in [6.45, 7) is 1.14. The summed E-state index contributed by atoms with van der Waals surface area (Å²) in [5.74, 6) is -0.335. The van der Waals surface area contributed by atoms with E-state index >= 15 is 0 Å². The van der Waals surface area contributed by atoms with Crippen LogP contribution in [0.5, 0.6) is 0 Å². The average Bonchev–Trinajstić information content (AvgIpc) is 2.50. The smallest absolute Gasteiger partial charge is 0.263 e. The minimum absolute atomic E-state index is 0.169. The zero-order chi connectivity index (χ0) is 15.2. The summed E-state index contributed by atoms with van der Waals surface area (Å²) >= 11 is 0. The number of rotatable bonds is 5. The SMILES string of the molecule is CN(CCNC(=O)c1cccn(C)c1=O)c1ccccc1. The molecule has 0 atom stereocenters. The van der Waals surface area contributed by atoms with Gasteiger partial charge in [-0.1, -0.05) is 18.2 Å². The molecule has 1 amide bonds. The predicted octanol–water partition coefficient (Wildman–Crippen LogP) is 1.25. The minimum Gasteiger partial charge on any atom is -0.373 e. The van der Waals surface area contributed by atoms with E-state index in [4.69, 9.17) is 0 Å². The van der Waals surface area contributed by atoms with Gasteiger partial charge in [-0.3, -0.25) is 9.59 Å². The van der Waals surface area contributed by atoms with Crippen molar-refractivity contribution in [2.24, 2.45) is 7.05 Å². The topological polar surface area (TPSA) is 54.3 Å². The Morgan fingerprint density at radius 1 is 1.19 bits per heavy atom. The maximum atomic E-state index is 12.0. The highest BCUT2D eigenvalue weighted by Gasteiger charge is 2.10. The number of carbonyl (C=O) groups excluding carboxylic acids is 1. The molecular formula is C16H19N3O2. The van der Waals surface area contributed by atoms with Crippen molar-refractivity contribution in [2.45, 2.75) is 0 Å². The lowest BCUT2D eigenvalue weighted by atomic mass is 10.2. The Bertz CT molecular complexity index is 665. The number of pyridine rings is 1. The molecule has 0 saturated heterocycles. The van der Waals surface area contributed by atoms with Gasteiger partial charge in [-0.2, -0.15) is 0 Å². The Balaban J connectivity index is 1.90. The first kappa shape index (κ1) is 14.8. The molecule has 1 N–H and O–H groups in total. The molecule has 1 aromatic carbocycles. The number of aromatic nitrogens is 1. The molecule has 5 heteroatoms. The van der Waals surface area contributed by atoms with Gasteiger partial charge in [-0.05, 0) is 24.3 Å². The molecule has 2 rings (SSSR count). The summed E-state index contributed by atoms with van der Waals surface area (Å²) in [6, 6.07) is 13.1. The number of nitrogens with one attached hydrogen (secondary N) is 1. The predicted molar refractivity (Wildman–Crippen MR) is 83.7 cm³/mol. The third kappa shape index (κ3) is 3.72. The molecule has 21 heavy (non-hydrogen) atoms. The molecular weight excluding hydrogens is 266 g/mol. The summed E-state index contributed by atoms with van der Waals surface area (Å²) in [5.41, 5.74) is 0.969. The fourth-order valence-corrected chi connectivity index (χ4v) is 2.01. The molecule has 0 bridgehead atoms. The number of amides is 1. The van der Waals surface area contributed by atoms with Gasteiger partial charge in [0.1, 0.15) is 5.56 Å². The zero-order valence-corrected chi connectivity index (χ0v) is 12.2. The van der Waals surface area contributed by atoms with Crippen molar-refractivity contribution < 1.29 is 4.79 Å². The quantitative estimate of drug-likeness (QED) is 0.899. The number of benzene rings is 1.